The molecule has 2 aromatic rings. The molecule has 0 amide bonds. The van der Waals surface area contributed by atoms with Gasteiger partial charge < -0.3 is 9.84 Å². The van der Waals surface area contributed by atoms with Crippen molar-refractivity contribution in [1.29, 1.82) is 0 Å². The van der Waals surface area contributed by atoms with E-state index in [2.05, 4.69) is 11.8 Å². The number of benzene rings is 2. The Balaban J connectivity index is 1.76. The van der Waals surface area contributed by atoms with E-state index in [1.807, 2.05) is 30.3 Å². The second-order valence-electron chi connectivity index (χ2n) is 6.13. The molecule has 5 heteroatoms. The molecule has 2 aromatic carbocycles. The van der Waals surface area contributed by atoms with Gasteiger partial charge >= 0.3 is 5.97 Å². The van der Waals surface area contributed by atoms with Gasteiger partial charge in [0.2, 0.25) is 0 Å². The molecule has 1 heterocycles. The Labute approximate surface area is 146 Å². The van der Waals surface area contributed by atoms with E-state index in [1.165, 1.54) is 0 Å². The van der Waals surface area contributed by atoms with Crippen LogP contribution in [0.3, 0.4) is 0 Å². The van der Waals surface area contributed by atoms with Crippen molar-refractivity contribution in [2.24, 2.45) is 0 Å². The largest absolute Gasteiger partial charge is 0.478 e. The molecule has 0 radical (unpaired) electrons. The molecule has 1 N–H and O–H groups in total. The third kappa shape index (κ3) is 3.78. The van der Waals surface area contributed by atoms with Crippen LogP contribution in [0, 0.1) is 0 Å². The highest BCUT2D eigenvalue weighted by Crippen LogP contribution is 2.30. The zero-order valence-electron chi connectivity index (χ0n) is 13.5. The van der Waals surface area contributed by atoms with Crippen LogP contribution < -0.4 is 0 Å². The van der Waals surface area contributed by atoms with Gasteiger partial charge in [-0.3, -0.25) is 4.90 Å². The monoisotopic (exact) mass is 345 g/mol. The molecule has 1 aliphatic rings. The quantitative estimate of drug-likeness (QED) is 0.910. The highest BCUT2D eigenvalue weighted by molar-refractivity contribution is 6.31. The molecule has 24 heavy (non-hydrogen) atoms. The fourth-order valence-electron chi connectivity index (χ4n) is 2.99. The third-order valence-corrected chi connectivity index (χ3v) is 4.72. The molecule has 4 nitrogen and oxygen atoms in total. The van der Waals surface area contributed by atoms with Gasteiger partial charge in [0.15, 0.2) is 0 Å². The fourth-order valence-corrected chi connectivity index (χ4v) is 3.25. The Morgan fingerprint density at radius 1 is 1.29 bits per heavy atom. The normalized spacial score (nSPS) is 21.6. The fraction of sp³-hybridized carbons (Fsp3) is 0.316. The van der Waals surface area contributed by atoms with Crippen LogP contribution in [0.25, 0.3) is 0 Å². The maximum absolute atomic E-state index is 11.1. The van der Waals surface area contributed by atoms with Crippen molar-refractivity contribution in [2.45, 2.75) is 25.6 Å². The van der Waals surface area contributed by atoms with Gasteiger partial charge in [-0.2, -0.15) is 0 Å². The number of hydrogen-bond acceptors (Lipinski definition) is 3. The lowest BCUT2D eigenvalue weighted by atomic mass is 10.0. The highest BCUT2D eigenvalue weighted by Gasteiger charge is 2.28. The van der Waals surface area contributed by atoms with Gasteiger partial charge in [-0.1, -0.05) is 41.9 Å². The number of ether oxygens (including phenoxy) is 1. The summed E-state index contributed by atoms with van der Waals surface area (Å²) in [6, 6.07) is 15.1. The van der Waals surface area contributed by atoms with E-state index in [0.717, 1.165) is 17.7 Å². The van der Waals surface area contributed by atoms with Crippen molar-refractivity contribution in [3.05, 3.63) is 70.2 Å². The summed E-state index contributed by atoms with van der Waals surface area (Å²) >= 11 is 6.29. The molecule has 0 aromatic heterocycles. The summed E-state index contributed by atoms with van der Waals surface area (Å²) in [7, 11) is 0. The van der Waals surface area contributed by atoms with Crippen LogP contribution in [0.15, 0.2) is 48.5 Å². The minimum atomic E-state index is -0.902. The maximum Gasteiger partial charge on any atom is 0.335 e. The highest BCUT2D eigenvalue weighted by atomic mass is 35.5. The summed E-state index contributed by atoms with van der Waals surface area (Å²) in [6.45, 7) is 4.15. The number of rotatable bonds is 4. The molecule has 1 saturated heterocycles. The lowest BCUT2D eigenvalue weighted by molar-refractivity contribution is -0.0632. The molecule has 126 valence electrons. The van der Waals surface area contributed by atoms with Crippen LogP contribution in [-0.4, -0.2) is 35.2 Å². The number of hydrogen-bond donors (Lipinski definition) is 1. The Bertz CT molecular complexity index is 734. The van der Waals surface area contributed by atoms with Gasteiger partial charge in [-0.15, -0.1) is 0 Å². The molecule has 0 aliphatic carbocycles. The van der Waals surface area contributed by atoms with Gasteiger partial charge in [0, 0.05) is 29.7 Å². The smallest absolute Gasteiger partial charge is 0.335 e. The van der Waals surface area contributed by atoms with Crippen LogP contribution in [0.2, 0.25) is 5.02 Å². The topological polar surface area (TPSA) is 49.8 Å². The van der Waals surface area contributed by atoms with Crippen molar-refractivity contribution in [1.82, 2.24) is 4.90 Å². The van der Waals surface area contributed by atoms with E-state index in [1.54, 1.807) is 18.2 Å². The van der Waals surface area contributed by atoms with E-state index in [4.69, 9.17) is 21.4 Å². The second-order valence-corrected chi connectivity index (χ2v) is 6.53. The minimum Gasteiger partial charge on any atom is -0.478 e. The number of halogens is 1. The SMILES string of the molecule is CC1COC(c2ccccc2Cl)CN1Cc1cccc(C(=O)O)c1. The van der Waals surface area contributed by atoms with Gasteiger partial charge in [-0.05, 0) is 30.7 Å². The standard InChI is InChI=1S/C19H20ClNO3/c1-13-12-24-18(16-7-2-3-8-17(16)20)11-21(13)10-14-5-4-6-15(9-14)19(22)23/h2-9,13,18H,10-12H2,1H3,(H,22,23). The molecule has 2 unspecified atom stereocenters. The zero-order valence-corrected chi connectivity index (χ0v) is 14.2. The first-order valence-corrected chi connectivity index (χ1v) is 8.34. The van der Waals surface area contributed by atoms with Crippen LogP contribution in [0.5, 0.6) is 0 Å². The van der Waals surface area contributed by atoms with Gasteiger partial charge in [0.1, 0.15) is 0 Å². The summed E-state index contributed by atoms with van der Waals surface area (Å²) in [5, 5.41) is 9.85. The van der Waals surface area contributed by atoms with Crippen molar-refractivity contribution in [3.8, 4) is 0 Å². The summed E-state index contributed by atoms with van der Waals surface area (Å²) in [4.78, 5) is 13.4. The zero-order chi connectivity index (χ0) is 17.1. The predicted molar refractivity (Wildman–Crippen MR) is 93.4 cm³/mol. The number of carboxylic acids is 1. The Kier molecular flexibility index (Phi) is 5.19. The summed E-state index contributed by atoms with van der Waals surface area (Å²) in [5.74, 6) is -0.902. The molecule has 1 fully saturated rings. The number of aromatic carboxylic acids is 1. The van der Waals surface area contributed by atoms with Crippen LogP contribution in [0.1, 0.15) is 34.5 Å². The van der Waals surface area contributed by atoms with E-state index >= 15 is 0 Å². The Morgan fingerprint density at radius 2 is 2.08 bits per heavy atom. The lowest BCUT2D eigenvalue weighted by Gasteiger charge is -2.38. The number of morpholine rings is 1. The van der Waals surface area contributed by atoms with E-state index in [9.17, 15) is 4.79 Å². The van der Waals surface area contributed by atoms with Crippen molar-refractivity contribution >= 4 is 17.6 Å². The molecule has 2 atom stereocenters. The van der Waals surface area contributed by atoms with Crippen molar-refractivity contribution < 1.29 is 14.6 Å². The van der Waals surface area contributed by atoms with Gasteiger partial charge in [0.05, 0.1) is 18.3 Å². The number of nitrogens with zero attached hydrogens (tertiary/aromatic N) is 1. The molecule has 0 saturated carbocycles. The molecule has 0 bridgehead atoms. The molecule has 3 rings (SSSR count). The van der Waals surface area contributed by atoms with E-state index in [0.29, 0.717) is 23.7 Å². The summed E-state index contributed by atoms with van der Waals surface area (Å²) in [6.07, 6.45) is -0.0717. The first-order chi connectivity index (χ1) is 11.5. The van der Waals surface area contributed by atoms with Gasteiger partial charge in [-0.25, -0.2) is 4.79 Å². The van der Waals surface area contributed by atoms with Crippen molar-refractivity contribution in [2.75, 3.05) is 13.2 Å². The Hall–Kier alpha value is -1.88. The molecular formula is C19H20ClNO3. The molecule has 0 spiro atoms. The van der Waals surface area contributed by atoms with E-state index in [-0.39, 0.29) is 12.1 Å². The maximum atomic E-state index is 11.1. The minimum absolute atomic E-state index is 0.0717. The summed E-state index contributed by atoms with van der Waals surface area (Å²) < 4.78 is 5.97. The average Bonchev–Trinajstić information content (AvgIpc) is 2.58. The number of carbonyl (C=O) groups is 1. The van der Waals surface area contributed by atoms with Crippen LogP contribution in [0.4, 0.5) is 0 Å². The average molecular weight is 346 g/mol. The lowest BCUT2D eigenvalue weighted by Crippen LogP contribution is -2.44. The van der Waals surface area contributed by atoms with Crippen LogP contribution >= 0.6 is 11.6 Å². The van der Waals surface area contributed by atoms with Crippen molar-refractivity contribution in [3.63, 3.8) is 0 Å². The number of carboxylic acid groups (broad SMARTS) is 1. The first kappa shape index (κ1) is 17.0. The second kappa shape index (κ2) is 7.34. The Morgan fingerprint density at radius 3 is 2.83 bits per heavy atom. The van der Waals surface area contributed by atoms with Gasteiger partial charge in [0.25, 0.3) is 0 Å². The predicted octanol–water partition coefficient (Wildman–Crippen LogP) is 4.00. The molecule has 1 aliphatic heterocycles. The van der Waals surface area contributed by atoms with Crippen LogP contribution in [-0.2, 0) is 11.3 Å². The third-order valence-electron chi connectivity index (χ3n) is 4.37. The summed E-state index contributed by atoms with van der Waals surface area (Å²) in [5.41, 5.74) is 2.30. The molecular weight excluding hydrogens is 326 g/mol. The van der Waals surface area contributed by atoms with E-state index < -0.39 is 5.97 Å². The first-order valence-electron chi connectivity index (χ1n) is 7.97.